The average molecular weight is 337 g/mol. The number of fused-ring (bicyclic) bond motifs is 1. The number of aromatic amines is 1. The van der Waals surface area contributed by atoms with Crippen molar-refractivity contribution in [2.45, 2.75) is 19.9 Å². The molecule has 0 aliphatic rings. The lowest BCUT2D eigenvalue weighted by molar-refractivity contribution is 0.0934. The molecule has 0 aliphatic carbocycles. The third-order valence-corrected chi connectivity index (χ3v) is 4.01. The Kier molecular flexibility index (Phi) is 4.52. The number of aromatic nitrogens is 2. The molecule has 3 rings (SSSR count). The van der Waals surface area contributed by atoms with Gasteiger partial charge in [-0.2, -0.15) is 0 Å². The summed E-state index contributed by atoms with van der Waals surface area (Å²) < 4.78 is 5.23. The molecule has 6 nitrogen and oxygen atoms in total. The third kappa shape index (κ3) is 3.68. The number of amides is 1. The molecule has 6 heteroatoms. The Morgan fingerprint density at radius 3 is 2.60 bits per heavy atom. The predicted molar refractivity (Wildman–Crippen MR) is 96.0 cm³/mol. The number of carbonyl (C=O) groups is 1. The summed E-state index contributed by atoms with van der Waals surface area (Å²) in [5.41, 5.74) is 0.733. The van der Waals surface area contributed by atoms with Gasteiger partial charge in [-0.05, 0) is 48.4 Å². The zero-order valence-electron chi connectivity index (χ0n) is 14.3. The number of hydrogen-bond donors (Lipinski definition) is 2. The minimum Gasteiger partial charge on any atom is -0.497 e. The van der Waals surface area contributed by atoms with Crippen LogP contribution in [0.3, 0.4) is 0 Å². The summed E-state index contributed by atoms with van der Waals surface area (Å²) in [5.74, 6) is 0.832. The third-order valence-electron chi connectivity index (χ3n) is 4.01. The second-order valence-electron chi connectivity index (χ2n) is 5.88. The molecule has 0 fully saturated rings. The molecule has 1 heterocycles. The van der Waals surface area contributed by atoms with Gasteiger partial charge >= 0.3 is 0 Å². The molecule has 1 aromatic heterocycles. The molecule has 2 N–H and O–H groups in total. The SMILES string of the molecule is COc1ccc2cc([C@H](C)NC(=O)c3cc(=O)[nH]c(C)n3)ccc2c1. The molecule has 0 spiro atoms. The fraction of sp³-hybridized carbons (Fsp3) is 0.211. The Bertz CT molecular complexity index is 995. The van der Waals surface area contributed by atoms with E-state index in [1.807, 2.05) is 43.3 Å². The van der Waals surface area contributed by atoms with E-state index >= 15 is 0 Å². The summed E-state index contributed by atoms with van der Waals surface area (Å²) in [6, 6.07) is 12.8. The number of ether oxygens (including phenoxy) is 1. The highest BCUT2D eigenvalue weighted by atomic mass is 16.5. The number of nitrogens with zero attached hydrogens (tertiary/aromatic N) is 1. The van der Waals surface area contributed by atoms with E-state index in [9.17, 15) is 9.59 Å². The lowest BCUT2D eigenvalue weighted by atomic mass is 10.0. The first kappa shape index (κ1) is 16.7. The van der Waals surface area contributed by atoms with Gasteiger partial charge in [0.1, 0.15) is 17.3 Å². The van der Waals surface area contributed by atoms with E-state index in [-0.39, 0.29) is 23.2 Å². The fourth-order valence-electron chi connectivity index (χ4n) is 2.69. The first-order valence-electron chi connectivity index (χ1n) is 7.93. The predicted octanol–water partition coefficient (Wildman–Crippen LogP) is 2.73. The molecule has 2 aromatic carbocycles. The van der Waals surface area contributed by atoms with E-state index in [1.165, 1.54) is 6.07 Å². The second kappa shape index (κ2) is 6.76. The smallest absolute Gasteiger partial charge is 0.270 e. The summed E-state index contributed by atoms with van der Waals surface area (Å²) in [4.78, 5) is 30.4. The molecule has 0 aliphatic heterocycles. The average Bonchev–Trinajstić information content (AvgIpc) is 2.59. The van der Waals surface area contributed by atoms with Gasteiger partial charge in [-0.15, -0.1) is 0 Å². The van der Waals surface area contributed by atoms with Crippen molar-refractivity contribution in [3.63, 3.8) is 0 Å². The molecule has 0 bridgehead atoms. The first-order chi connectivity index (χ1) is 12.0. The van der Waals surface area contributed by atoms with Crippen molar-refractivity contribution >= 4 is 16.7 Å². The Labute approximate surface area is 144 Å². The zero-order chi connectivity index (χ0) is 18.0. The standard InChI is InChI=1S/C19H19N3O3/c1-11(20-19(24)17-10-18(23)22-12(2)21-17)13-4-5-15-9-16(25-3)7-6-14(15)8-13/h4-11H,1-3H3,(H,20,24)(H,21,22,23)/t11-/m0/s1. The van der Waals surface area contributed by atoms with Gasteiger partial charge in [0.05, 0.1) is 13.2 Å². The number of H-pyrrole nitrogens is 1. The summed E-state index contributed by atoms with van der Waals surface area (Å²) in [5, 5.41) is 5.00. The largest absolute Gasteiger partial charge is 0.497 e. The van der Waals surface area contributed by atoms with E-state index in [2.05, 4.69) is 15.3 Å². The molecular formula is C19H19N3O3. The number of methoxy groups -OCH3 is 1. The number of rotatable bonds is 4. The van der Waals surface area contributed by atoms with E-state index in [4.69, 9.17) is 4.74 Å². The molecule has 25 heavy (non-hydrogen) atoms. The minimum absolute atomic E-state index is 0.110. The van der Waals surface area contributed by atoms with Crippen LogP contribution in [-0.2, 0) is 0 Å². The zero-order valence-corrected chi connectivity index (χ0v) is 14.3. The molecule has 128 valence electrons. The minimum atomic E-state index is -0.378. The molecule has 0 unspecified atom stereocenters. The molecule has 0 saturated carbocycles. The van der Waals surface area contributed by atoms with Gasteiger partial charge in [-0.3, -0.25) is 9.59 Å². The normalized spacial score (nSPS) is 12.0. The van der Waals surface area contributed by atoms with Gasteiger partial charge < -0.3 is 15.0 Å². The van der Waals surface area contributed by atoms with Gasteiger partial charge in [-0.1, -0.05) is 18.2 Å². The second-order valence-corrected chi connectivity index (χ2v) is 5.88. The molecule has 0 radical (unpaired) electrons. The lowest BCUT2D eigenvalue weighted by Gasteiger charge is -2.15. The van der Waals surface area contributed by atoms with Crippen LogP contribution < -0.4 is 15.6 Å². The first-order valence-corrected chi connectivity index (χ1v) is 7.93. The highest BCUT2D eigenvalue weighted by molar-refractivity contribution is 5.92. The van der Waals surface area contributed by atoms with Crippen LogP contribution in [0.15, 0.2) is 47.3 Å². The van der Waals surface area contributed by atoms with Crippen LogP contribution >= 0.6 is 0 Å². The molecule has 3 aromatic rings. The highest BCUT2D eigenvalue weighted by Gasteiger charge is 2.14. The summed E-state index contributed by atoms with van der Waals surface area (Å²) >= 11 is 0. The number of aryl methyl sites for hydroxylation is 1. The van der Waals surface area contributed by atoms with Crippen LogP contribution in [0, 0.1) is 6.92 Å². The quantitative estimate of drug-likeness (QED) is 0.767. The van der Waals surface area contributed by atoms with Gasteiger partial charge in [0.25, 0.3) is 11.5 Å². The van der Waals surface area contributed by atoms with Crippen molar-refractivity contribution in [1.29, 1.82) is 0 Å². The number of benzene rings is 2. The molecule has 1 amide bonds. The monoisotopic (exact) mass is 337 g/mol. The van der Waals surface area contributed by atoms with E-state index in [0.29, 0.717) is 5.82 Å². The maximum absolute atomic E-state index is 12.3. The summed E-state index contributed by atoms with van der Waals surface area (Å²) in [6.45, 7) is 3.53. The van der Waals surface area contributed by atoms with Crippen LogP contribution in [0.5, 0.6) is 5.75 Å². The molecular weight excluding hydrogens is 318 g/mol. The fourth-order valence-corrected chi connectivity index (χ4v) is 2.69. The van der Waals surface area contributed by atoms with Crippen molar-refractivity contribution in [2.75, 3.05) is 7.11 Å². The lowest BCUT2D eigenvalue weighted by Crippen LogP contribution is -2.29. The number of nitrogens with one attached hydrogen (secondary N) is 2. The Morgan fingerprint density at radius 1 is 1.16 bits per heavy atom. The Morgan fingerprint density at radius 2 is 1.88 bits per heavy atom. The van der Waals surface area contributed by atoms with Crippen LogP contribution in [0.25, 0.3) is 10.8 Å². The van der Waals surface area contributed by atoms with Crippen LogP contribution in [0.2, 0.25) is 0 Å². The van der Waals surface area contributed by atoms with Gasteiger partial charge in [-0.25, -0.2) is 4.98 Å². The van der Waals surface area contributed by atoms with Gasteiger partial charge in [0, 0.05) is 6.07 Å². The van der Waals surface area contributed by atoms with Crippen LogP contribution in [-0.4, -0.2) is 23.0 Å². The highest BCUT2D eigenvalue weighted by Crippen LogP contribution is 2.24. The molecule has 0 saturated heterocycles. The van der Waals surface area contributed by atoms with E-state index < -0.39 is 0 Å². The van der Waals surface area contributed by atoms with E-state index in [1.54, 1.807) is 14.0 Å². The van der Waals surface area contributed by atoms with Crippen molar-refractivity contribution in [3.8, 4) is 5.75 Å². The number of carbonyl (C=O) groups excluding carboxylic acids is 1. The van der Waals surface area contributed by atoms with Crippen molar-refractivity contribution in [2.24, 2.45) is 0 Å². The van der Waals surface area contributed by atoms with Crippen LogP contribution in [0.1, 0.15) is 34.8 Å². The van der Waals surface area contributed by atoms with Crippen molar-refractivity contribution in [1.82, 2.24) is 15.3 Å². The van der Waals surface area contributed by atoms with Crippen LogP contribution in [0.4, 0.5) is 0 Å². The van der Waals surface area contributed by atoms with Gasteiger partial charge in [0.15, 0.2) is 0 Å². The maximum atomic E-state index is 12.3. The Balaban J connectivity index is 1.82. The molecule has 1 atom stereocenters. The summed E-state index contributed by atoms with van der Waals surface area (Å²) in [7, 11) is 1.64. The maximum Gasteiger partial charge on any atom is 0.270 e. The van der Waals surface area contributed by atoms with E-state index in [0.717, 1.165) is 22.1 Å². The Hall–Kier alpha value is -3.15. The topological polar surface area (TPSA) is 84.1 Å². The van der Waals surface area contributed by atoms with Gasteiger partial charge in [0.2, 0.25) is 0 Å². The van der Waals surface area contributed by atoms with Crippen molar-refractivity contribution in [3.05, 3.63) is 69.9 Å². The number of hydrogen-bond acceptors (Lipinski definition) is 4. The summed E-state index contributed by atoms with van der Waals surface area (Å²) in [6.07, 6.45) is 0. The van der Waals surface area contributed by atoms with Crippen molar-refractivity contribution < 1.29 is 9.53 Å².